The van der Waals surface area contributed by atoms with Crippen LogP contribution in [-0.4, -0.2) is 35.3 Å². The molecule has 0 saturated carbocycles. The number of halogens is 1. The lowest BCUT2D eigenvalue weighted by Crippen LogP contribution is -2.47. The molecule has 4 heterocycles. The van der Waals surface area contributed by atoms with Gasteiger partial charge in [0.05, 0.1) is 5.52 Å². The lowest BCUT2D eigenvalue weighted by Gasteiger charge is -2.44. The van der Waals surface area contributed by atoms with Gasteiger partial charge in [0.15, 0.2) is 5.78 Å². The fourth-order valence-electron chi connectivity index (χ4n) is 3.92. The van der Waals surface area contributed by atoms with Gasteiger partial charge in [-0.05, 0) is 62.0 Å². The Balaban J connectivity index is 0.00000144. The number of aromatic nitrogens is 1. The first-order valence-corrected chi connectivity index (χ1v) is 7.90. The number of carbonyl (C=O) groups is 1. The van der Waals surface area contributed by atoms with E-state index in [1.807, 2.05) is 30.3 Å². The molecule has 1 aromatic carbocycles. The van der Waals surface area contributed by atoms with E-state index in [4.69, 9.17) is 0 Å². The monoisotopic (exact) mass is 316 g/mol. The van der Waals surface area contributed by atoms with Crippen molar-refractivity contribution in [1.29, 1.82) is 0 Å². The van der Waals surface area contributed by atoms with Crippen molar-refractivity contribution in [2.24, 2.45) is 11.8 Å². The number of carbonyl (C=O) groups excluding carboxylic acids is 1. The molecule has 0 N–H and O–H groups in total. The van der Waals surface area contributed by atoms with Crippen molar-refractivity contribution in [3.05, 3.63) is 42.1 Å². The first-order valence-electron chi connectivity index (χ1n) is 7.90. The predicted molar refractivity (Wildman–Crippen MR) is 90.6 cm³/mol. The third-order valence-electron chi connectivity index (χ3n) is 5.16. The number of piperidine rings is 3. The van der Waals surface area contributed by atoms with Gasteiger partial charge in [0, 0.05) is 30.1 Å². The third-order valence-corrected chi connectivity index (χ3v) is 5.16. The van der Waals surface area contributed by atoms with Gasteiger partial charge in [0.25, 0.3) is 0 Å². The van der Waals surface area contributed by atoms with Crippen LogP contribution in [0.25, 0.3) is 10.9 Å². The quantitative estimate of drug-likeness (QED) is 0.812. The summed E-state index contributed by atoms with van der Waals surface area (Å²) in [5.41, 5.74) is 1.80. The minimum atomic E-state index is 0. The summed E-state index contributed by atoms with van der Waals surface area (Å²) in [7, 11) is 0. The topological polar surface area (TPSA) is 33.2 Å². The number of fused-ring (bicyclic) bond motifs is 4. The summed E-state index contributed by atoms with van der Waals surface area (Å²) in [4.78, 5) is 19.4. The summed E-state index contributed by atoms with van der Waals surface area (Å²) in [5, 5.41) is 1.05. The summed E-state index contributed by atoms with van der Waals surface area (Å²) >= 11 is 0. The van der Waals surface area contributed by atoms with Crippen molar-refractivity contribution in [1.82, 2.24) is 9.88 Å². The second kappa shape index (κ2) is 6.35. The van der Waals surface area contributed by atoms with Crippen LogP contribution in [0.1, 0.15) is 29.6 Å². The number of hydrogen-bond acceptors (Lipinski definition) is 3. The smallest absolute Gasteiger partial charge is 0.163 e. The molecule has 2 aromatic rings. The number of rotatable bonds is 3. The molecule has 3 saturated heterocycles. The molecule has 4 heteroatoms. The second-order valence-corrected chi connectivity index (χ2v) is 6.44. The zero-order valence-electron chi connectivity index (χ0n) is 12.6. The van der Waals surface area contributed by atoms with Crippen molar-refractivity contribution >= 4 is 29.1 Å². The van der Waals surface area contributed by atoms with Crippen molar-refractivity contribution in [2.45, 2.75) is 19.3 Å². The number of ketones is 1. The Morgan fingerprint density at radius 3 is 2.77 bits per heavy atom. The summed E-state index contributed by atoms with van der Waals surface area (Å²) in [6.07, 6.45) is 5.04. The highest BCUT2D eigenvalue weighted by molar-refractivity contribution is 5.99. The summed E-state index contributed by atoms with van der Waals surface area (Å²) in [6.45, 7) is 3.58. The van der Waals surface area contributed by atoms with Gasteiger partial charge in [0.2, 0.25) is 0 Å². The van der Waals surface area contributed by atoms with E-state index in [1.54, 1.807) is 6.20 Å². The number of nitrogens with zero attached hydrogens (tertiary/aromatic N) is 2. The maximum atomic E-state index is 12.6. The van der Waals surface area contributed by atoms with E-state index in [0.29, 0.717) is 18.1 Å². The Kier molecular flexibility index (Phi) is 4.46. The van der Waals surface area contributed by atoms with Crippen LogP contribution in [0.15, 0.2) is 36.5 Å². The van der Waals surface area contributed by atoms with Gasteiger partial charge in [-0.3, -0.25) is 9.78 Å². The van der Waals surface area contributed by atoms with E-state index in [-0.39, 0.29) is 12.4 Å². The molecule has 3 fully saturated rings. The normalized spacial score (nSPS) is 26.6. The highest BCUT2D eigenvalue weighted by atomic mass is 35.5. The van der Waals surface area contributed by atoms with Gasteiger partial charge in [-0.2, -0.15) is 0 Å². The Hall–Kier alpha value is -1.45. The van der Waals surface area contributed by atoms with E-state index in [9.17, 15) is 4.79 Å². The Bertz CT molecular complexity index is 680. The van der Waals surface area contributed by atoms with E-state index in [1.165, 1.54) is 25.9 Å². The van der Waals surface area contributed by atoms with Crippen molar-refractivity contribution in [3.8, 4) is 0 Å². The molecule has 0 spiro atoms. The summed E-state index contributed by atoms with van der Waals surface area (Å²) in [6, 6.07) is 9.82. The first-order chi connectivity index (χ1) is 10.3. The third kappa shape index (κ3) is 2.88. The average molecular weight is 317 g/mol. The Morgan fingerprint density at radius 2 is 2.05 bits per heavy atom. The molecule has 3 nitrogen and oxygen atoms in total. The van der Waals surface area contributed by atoms with Gasteiger partial charge in [-0.15, -0.1) is 12.4 Å². The van der Waals surface area contributed by atoms with Crippen molar-refractivity contribution in [3.63, 3.8) is 0 Å². The van der Waals surface area contributed by atoms with Crippen LogP contribution in [0, 0.1) is 11.8 Å². The maximum absolute atomic E-state index is 12.6. The van der Waals surface area contributed by atoms with Gasteiger partial charge in [0.1, 0.15) is 0 Å². The van der Waals surface area contributed by atoms with Gasteiger partial charge in [-0.25, -0.2) is 0 Å². The molecule has 0 radical (unpaired) electrons. The van der Waals surface area contributed by atoms with Crippen molar-refractivity contribution < 1.29 is 4.79 Å². The molecular weight excluding hydrogens is 296 g/mol. The number of benzene rings is 1. The van der Waals surface area contributed by atoms with Crippen LogP contribution >= 0.6 is 12.4 Å². The molecule has 0 aliphatic carbocycles. The zero-order chi connectivity index (χ0) is 14.2. The molecule has 5 rings (SSSR count). The zero-order valence-corrected chi connectivity index (χ0v) is 13.4. The van der Waals surface area contributed by atoms with Crippen LogP contribution in [0.3, 0.4) is 0 Å². The van der Waals surface area contributed by atoms with E-state index >= 15 is 0 Å². The summed E-state index contributed by atoms with van der Waals surface area (Å²) < 4.78 is 0. The number of hydrogen-bond donors (Lipinski definition) is 0. The molecule has 116 valence electrons. The minimum Gasteiger partial charge on any atom is -0.303 e. The van der Waals surface area contributed by atoms with Crippen LogP contribution in [0.4, 0.5) is 0 Å². The molecule has 2 bridgehead atoms. The number of pyridine rings is 1. The van der Waals surface area contributed by atoms with E-state index in [0.717, 1.165) is 28.9 Å². The highest BCUT2D eigenvalue weighted by Crippen LogP contribution is 2.35. The molecule has 1 atom stereocenters. The van der Waals surface area contributed by atoms with Crippen LogP contribution < -0.4 is 0 Å². The lowest BCUT2D eigenvalue weighted by molar-refractivity contribution is 0.0441. The first kappa shape index (κ1) is 15.4. The second-order valence-electron chi connectivity index (χ2n) is 6.44. The molecule has 3 aliphatic heterocycles. The van der Waals surface area contributed by atoms with Gasteiger partial charge < -0.3 is 4.90 Å². The molecule has 1 unspecified atom stereocenters. The van der Waals surface area contributed by atoms with Crippen LogP contribution in [-0.2, 0) is 0 Å². The average Bonchev–Trinajstić information content (AvgIpc) is 2.55. The fourth-order valence-corrected chi connectivity index (χ4v) is 3.92. The Morgan fingerprint density at radius 1 is 1.23 bits per heavy atom. The predicted octanol–water partition coefficient (Wildman–Crippen LogP) is 3.57. The summed E-state index contributed by atoms with van der Waals surface area (Å²) in [5.74, 6) is 1.62. The van der Waals surface area contributed by atoms with Crippen LogP contribution in [0.5, 0.6) is 0 Å². The van der Waals surface area contributed by atoms with E-state index < -0.39 is 0 Å². The Labute approximate surface area is 137 Å². The maximum Gasteiger partial charge on any atom is 0.163 e. The molecular formula is C18H21ClN2O. The number of Topliss-reactive ketones (excluding diaryl/α,β-unsaturated/α-hetero) is 1. The SMILES string of the molecule is Cl.O=C(CC1CN2CCC1CC2)c1ccc2ncccc2c1. The molecule has 0 amide bonds. The van der Waals surface area contributed by atoms with E-state index in [2.05, 4.69) is 9.88 Å². The van der Waals surface area contributed by atoms with Gasteiger partial charge in [-0.1, -0.05) is 6.07 Å². The molecule has 1 aromatic heterocycles. The standard InChI is InChI=1S/C18H20N2O.ClH/c21-18(11-16-12-20-8-5-13(16)6-9-20)15-3-4-17-14(10-15)2-1-7-19-17;/h1-4,7,10,13,16H,5-6,8-9,11-12H2;1H. The molecule has 3 aliphatic rings. The fraction of sp³-hybridized carbons (Fsp3) is 0.444. The van der Waals surface area contributed by atoms with Gasteiger partial charge >= 0.3 is 0 Å². The van der Waals surface area contributed by atoms with Crippen LogP contribution in [0.2, 0.25) is 0 Å². The lowest BCUT2D eigenvalue weighted by atomic mass is 9.76. The van der Waals surface area contributed by atoms with Crippen molar-refractivity contribution in [2.75, 3.05) is 19.6 Å². The highest BCUT2D eigenvalue weighted by Gasteiger charge is 2.35. The molecule has 22 heavy (non-hydrogen) atoms. The largest absolute Gasteiger partial charge is 0.303 e. The minimum absolute atomic E-state index is 0.